The van der Waals surface area contributed by atoms with Crippen molar-refractivity contribution < 1.29 is 0 Å². The molecule has 2 rings (SSSR count). The quantitative estimate of drug-likeness (QED) is 0.824. The zero-order chi connectivity index (χ0) is 15.4. The number of rotatable bonds is 5. The summed E-state index contributed by atoms with van der Waals surface area (Å²) >= 11 is 3.64. The van der Waals surface area contributed by atoms with Gasteiger partial charge in [0.15, 0.2) is 5.82 Å². The lowest BCUT2D eigenvalue weighted by Gasteiger charge is -2.15. The van der Waals surface area contributed by atoms with E-state index in [2.05, 4.69) is 67.1 Å². The summed E-state index contributed by atoms with van der Waals surface area (Å²) in [6, 6.07) is 8.35. The molecule has 0 spiro atoms. The van der Waals surface area contributed by atoms with Crippen molar-refractivity contribution in [3.8, 4) is 11.4 Å². The minimum atomic E-state index is 0.340. The van der Waals surface area contributed by atoms with E-state index in [1.54, 1.807) is 0 Å². The average Bonchev–Trinajstić information content (AvgIpc) is 2.49. The first-order valence-corrected chi connectivity index (χ1v) is 8.27. The van der Waals surface area contributed by atoms with Gasteiger partial charge in [-0.15, -0.1) is 0 Å². The smallest absolute Gasteiger partial charge is 0.162 e. The van der Waals surface area contributed by atoms with Crippen LogP contribution in [0.3, 0.4) is 0 Å². The first-order chi connectivity index (χ1) is 10.1. The van der Waals surface area contributed by atoms with Crippen LogP contribution in [0.25, 0.3) is 11.4 Å². The Balaban J connectivity index is 2.63. The number of aromatic nitrogens is 2. The molecule has 0 radical (unpaired) electrons. The lowest BCUT2D eigenvalue weighted by molar-refractivity contribution is 0.809. The number of benzene rings is 1. The highest BCUT2D eigenvalue weighted by atomic mass is 79.9. The van der Waals surface area contributed by atoms with Crippen molar-refractivity contribution in [1.29, 1.82) is 0 Å². The molecule has 0 aliphatic heterocycles. The van der Waals surface area contributed by atoms with Gasteiger partial charge in [-0.1, -0.05) is 45.0 Å². The minimum absolute atomic E-state index is 0.340. The third kappa shape index (κ3) is 3.43. The molecule has 4 heteroatoms. The molecule has 1 N–H and O–H groups in total. The molecule has 1 aromatic heterocycles. The summed E-state index contributed by atoms with van der Waals surface area (Å²) in [4.78, 5) is 9.51. The number of hydrogen-bond acceptors (Lipinski definition) is 3. The van der Waals surface area contributed by atoms with Gasteiger partial charge in [-0.3, -0.25) is 0 Å². The van der Waals surface area contributed by atoms with Crippen molar-refractivity contribution in [2.24, 2.45) is 0 Å². The van der Waals surface area contributed by atoms with Crippen LogP contribution in [0.2, 0.25) is 0 Å². The Hall–Kier alpha value is -1.42. The van der Waals surface area contributed by atoms with Crippen LogP contribution >= 0.6 is 15.9 Å². The van der Waals surface area contributed by atoms with Crippen molar-refractivity contribution in [2.45, 2.75) is 40.0 Å². The summed E-state index contributed by atoms with van der Waals surface area (Å²) in [5.74, 6) is 2.01. The van der Waals surface area contributed by atoms with Crippen LogP contribution in [-0.2, 0) is 6.42 Å². The number of halogens is 1. The van der Waals surface area contributed by atoms with E-state index in [-0.39, 0.29) is 0 Å². The van der Waals surface area contributed by atoms with Gasteiger partial charge in [0, 0.05) is 12.1 Å². The van der Waals surface area contributed by atoms with Crippen molar-refractivity contribution in [3.05, 3.63) is 40.0 Å². The van der Waals surface area contributed by atoms with Crippen molar-refractivity contribution in [3.63, 3.8) is 0 Å². The van der Waals surface area contributed by atoms with E-state index in [1.165, 1.54) is 5.56 Å². The van der Waals surface area contributed by atoms with E-state index in [4.69, 9.17) is 9.97 Å². The fourth-order valence-electron chi connectivity index (χ4n) is 2.30. The summed E-state index contributed by atoms with van der Waals surface area (Å²) in [6.07, 6.45) is 0.975. The summed E-state index contributed by atoms with van der Waals surface area (Å²) in [6.45, 7) is 9.37. The third-order valence-electron chi connectivity index (χ3n) is 3.41. The third-order valence-corrected chi connectivity index (χ3v) is 4.19. The highest BCUT2D eigenvalue weighted by Gasteiger charge is 2.16. The highest BCUT2D eigenvalue weighted by molar-refractivity contribution is 9.10. The van der Waals surface area contributed by atoms with Gasteiger partial charge in [0.2, 0.25) is 0 Å². The van der Waals surface area contributed by atoms with Crippen molar-refractivity contribution >= 4 is 21.7 Å². The molecular weight excluding hydrogens is 326 g/mol. The molecule has 0 atom stereocenters. The molecular formula is C17H22BrN3. The molecule has 0 aliphatic rings. The van der Waals surface area contributed by atoms with Gasteiger partial charge >= 0.3 is 0 Å². The second-order valence-corrected chi connectivity index (χ2v) is 6.08. The Morgan fingerprint density at radius 1 is 1.14 bits per heavy atom. The highest BCUT2D eigenvalue weighted by Crippen LogP contribution is 2.32. The van der Waals surface area contributed by atoms with Crippen molar-refractivity contribution in [2.75, 3.05) is 11.9 Å². The normalized spacial score (nSPS) is 11.0. The standard InChI is InChI=1S/C17H22BrN3/c1-5-12-9-7-8-10-13(12)16-20-15(11(3)4)14(18)17(21-16)19-6-2/h7-11H,5-6H2,1-4H3,(H,19,20,21). The topological polar surface area (TPSA) is 37.8 Å². The molecule has 1 aromatic carbocycles. The van der Waals surface area contributed by atoms with Gasteiger partial charge in [0.25, 0.3) is 0 Å². The molecule has 3 nitrogen and oxygen atoms in total. The Bertz CT molecular complexity index is 623. The van der Waals surface area contributed by atoms with E-state index < -0.39 is 0 Å². The van der Waals surface area contributed by atoms with Crippen LogP contribution in [-0.4, -0.2) is 16.5 Å². The zero-order valence-electron chi connectivity index (χ0n) is 13.1. The average molecular weight is 348 g/mol. The lowest BCUT2D eigenvalue weighted by atomic mass is 10.0. The summed E-state index contributed by atoms with van der Waals surface area (Å²) in [5, 5.41) is 3.32. The number of nitrogens with one attached hydrogen (secondary N) is 1. The first-order valence-electron chi connectivity index (χ1n) is 7.48. The Morgan fingerprint density at radius 3 is 2.48 bits per heavy atom. The van der Waals surface area contributed by atoms with E-state index >= 15 is 0 Å². The summed E-state index contributed by atoms with van der Waals surface area (Å²) in [7, 11) is 0. The number of hydrogen-bond donors (Lipinski definition) is 1. The van der Waals surface area contributed by atoms with E-state index in [0.29, 0.717) is 5.92 Å². The first kappa shape index (κ1) is 16.0. The van der Waals surface area contributed by atoms with Gasteiger partial charge < -0.3 is 5.32 Å². The number of aryl methyl sites for hydroxylation is 1. The minimum Gasteiger partial charge on any atom is -0.369 e. The Labute approximate surface area is 135 Å². The summed E-state index contributed by atoms with van der Waals surface area (Å²) in [5.41, 5.74) is 3.44. The molecule has 112 valence electrons. The number of anilines is 1. The molecule has 0 bridgehead atoms. The van der Waals surface area contributed by atoms with Crippen molar-refractivity contribution in [1.82, 2.24) is 9.97 Å². The van der Waals surface area contributed by atoms with Gasteiger partial charge in [0.05, 0.1) is 10.2 Å². The molecule has 1 heterocycles. The van der Waals surface area contributed by atoms with E-state index in [0.717, 1.165) is 40.3 Å². The van der Waals surface area contributed by atoms with Gasteiger partial charge in [-0.25, -0.2) is 9.97 Å². The molecule has 0 saturated heterocycles. The second-order valence-electron chi connectivity index (χ2n) is 5.29. The maximum Gasteiger partial charge on any atom is 0.162 e. The van der Waals surface area contributed by atoms with Crippen LogP contribution < -0.4 is 5.32 Å². The van der Waals surface area contributed by atoms with Crippen LogP contribution in [0.15, 0.2) is 28.7 Å². The number of nitrogens with zero attached hydrogens (tertiary/aromatic N) is 2. The molecule has 0 saturated carbocycles. The van der Waals surface area contributed by atoms with Crippen LogP contribution in [0.4, 0.5) is 5.82 Å². The SMILES string of the molecule is CCNc1nc(-c2ccccc2CC)nc(C(C)C)c1Br. The zero-order valence-corrected chi connectivity index (χ0v) is 14.7. The molecule has 0 amide bonds. The molecule has 0 fully saturated rings. The molecule has 0 unspecified atom stereocenters. The maximum atomic E-state index is 4.80. The van der Waals surface area contributed by atoms with Gasteiger partial charge in [0.1, 0.15) is 5.82 Å². The van der Waals surface area contributed by atoms with Crippen LogP contribution in [0.1, 0.15) is 44.9 Å². The maximum absolute atomic E-state index is 4.80. The summed E-state index contributed by atoms with van der Waals surface area (Å²) < 4.78 is 0.970. The van der Waals surface area contributed by atoms with Gasteiger partial charge in [-0.2, -0.15) is 0 Å². The second kappa shape index (κ2) is 7.03. The van der Waals surface area contributed by atoms with E-state index in [9.17, 15) is 0 Å². The molecule has 21 heavy (non-hydrogen) atoms. The van der Waals surface area contributed by atoms with Crippen LogP contribution in [0, 0.1) is 0 Å². The predicted octanol–water partition coefficient (Wildman–Crippen LogP) is 5.02. The van der Waals surface area contributed by atoms with E-state index in [1.807, 2.05) is 6.07 Å². The largest absolute Gasteiger partial charge is 0.369 e. The fourth-order valence-corrected chi connectivity index (χ4v) is 3.07. The molecule has 0 aliphatic carbocycles. The Morgan fingerprint density at radius 2 is 1.86 bits per heavy atom. The predicted molar refractivity (Wildman–Crippen MR) is 92.8 cm³/mol. The van der Waals surface area contributed by atoms with Gasteiger partial charge in [-0.05, 0) is 40.8 Å². The molecule has 2 aromatic rings. The monoisotopic (exact) mass is 347 g/mol. The van der Waals surface area contributed by atoms with Crippen LogP contribution in [0.5, 0.6) is 0 Å². The lowest BCUT2D eigenvalue weighted by Crippen LogP contribution is -2.07. The fraction of sp³-hybridized carbons (Fsp3) is 0.412. The Kier molecular flexibility index (Phi) is 5.34.